The summed E-state index contributed by atoms with van der Waals surface area (Å²) in [6.45, 7) is 4.77. The average molecular weight is 340 g/mol. The van der Waals surface area contributed by atoms with Crippen LogP contribution in [0.3, 0.4) is 0 Å². The van der Waals surface area contributed by atoms with Crippen LogP contribution in [0.4, 0.5) is 0 Å². The summed E-state index contributed by atoms with van der Waals surface area (Å²) in [6, 6.07) is 4.11. The first-order valence-corrected chi connectivity index (χ1v) is 9.10. The Morgan fingerprint density at radius 3 is 2.72 bits per heavy atom. The Bertz CT molecular complexity index is 835. The number of rotatable bonds is 4. The van der Waals surface area contributed by atoms with Crippen LogP contribution in [0.5, 0.6) is 0 Å². The molecule has 2 fully saturated rings. The molecule has 25 heavy (non-hydrogen) atoms. The Labute approximate surface area is 147 Å². The molecule has 2 aromatic rings. The van der Waals surface area contributed by atoms with Gasteiger partial charge < -0.3 is 14.6 Å². The highest BCUT2D eigenvalue weighted by molar-refractivity contribution is 5.92. The van der Waals surface area contributed by atoms with Crippen molar-refractivity contribution in [3.63, 3.8) is 0 Å². The minimum absolute atomic E-state index is 0.00868. The third kappa shape index (κ3) is 3.15. The lowest BCUT2D eigenvalue weighted by Crippen LogP contribution is -2.47. The predicted molar refractivity (Wildman–Crippen MR) is 95.3 cm³/mol. The zero-order valence-electron chi connectivity index (χ0n) is 14.8. The number of likely N-dealkylation sites (tertiary alicyclic amines) is 1. The summed E-state index contributed by atoms with van der Waals surface area (Å²) in [4.78, 5) is 27.0. The molecule has 1 unspecified atom stereocenters. The molecule has 1 N–H and O–H groups in total. The molecule has 1 saturated carbocycles. The summed E-state index contributed by atoms with van der Waals surface area (Å²) in [5.41, 5.74) is 4.08. The van der Waals surface area contributed by atoms with E-state index in [0.717, 1.165) is 42.2 Å². The van der Waals surface area contributed by atoms with Gasteiger partial charge in [0.1, 0.15) is 11.6 Å². The lowest BCUT2D eigenvalue weighted by Gasteiger charge is -2.24. The van der Waals surface area contributed by atoms with Gasteiger partial charge in [0, 0.05) is 23.5 Å². The van der Waals surface area contributed by atoms with E-state index in [1.165, 1.54) is 11.1 Å². The van der Waals surface area contributed by atoms with E-state index in [4.69, 9.17) is 4.42 Å². The number of amides is 2. The highest BCUT2D eigenvalue weighted by Gasteiger charge is 2.36. The van der Waals surface area contributed by atoms with Gasteiger partial charge in [-0.1, -0.05) is 0 Å². The number of furan rings is 1. The number of nitrogens with zero attached hydrogens (tertiary/aromatic N) is 1. The van der Waals surface area contributed by atoms with Gasteiger partial charge in [-0.05, 0) is 62.8 Å². The number of carbonyl (C=O) groups excluding carboxylic acids is 2. The molecular weight excluding hydrogens is 316 g/mol. The minimum Gasteiger partial charge on any atom is -0.464 e. The number of aryl methyl sites for hydroxylation is 2. The van der Waals surface area contributed by atoms with Crippen LogP contribution in [-0.2, 0) is 16.0 Å². The average Bonchev–Trinajstić information content (AvgIpc) is 3.11. The quantitative estimate of drug-likeness (QED) is 0.931. The van der Waals surface area contributed by atoms with E-state index in [1.807, 2.05) is 6.07 Å². The van der Waals surface area contributed by atoms with Crippen LogP contribution >= 0.6 is 0 Å². The normalized spacial score (nSPS) is 20.2. The van der Waals surface area contributed by atoms with E-state index in [2.05, 4.69) is 25.2 Å². The second kappa shape index (κ2) is 6.21. The molecular formula is C20H24N2O3. The van der Waals surface area contributed by atoms with Gasteiger partial charge in [0.2, 0.25) is 11.8 Å². The molecule has 1 atom stereocenters. The molecule has 132 valence electrons. The molecule has 1 aliphatic heterocycles. The van der Waals surface area contributed by atoms with Gasteiger partial charge in [0.25, 0.3) is 0 Å². The maximum atomic E-state index is 12.8. The van der Waals surface area contributed by atoms with Crippen LogP contribution in [-0.4, -0.2) is 35.3 Å². The van der Waals surface area contributed by atoms with E-state index in [-0.39, 0.29) is 24.3 Å². The molecule has 1 aromatic carbocycles. The molecule has 0 spiro atoms. The van der Waals surface area contributed by atoms with Crippen molar-refractivity contribution < 1.29 is 14.0 Å². The fourth-order valence-electron chi connectivity index (χ4n) is 3.60. The lowest BCUT2D eigenvalue weighted by atomic mass is 10.0. The van der Waals surface area contributed by atoms with Crippen molar-refractivity contribution in [2.45, 2.75) is 58.0 Å². The van der Waals surface area contributed by atoms with Gasteiger partial charge >= 0.3 is 0 Å². The summed E-state index contributed by atoms with van der Waals surface area (Å²) in [6.07, 6.45) is 5.73. The minimum atomic E-state index is -0.310. The Kier molecular flexibility index (Phi) is 4.02. The number of benzene rings is 1. The summed E-state index contributed by atoms with van der Waals surface area (Å²) in [5.74, 6) is 0.0197. The highest BCUT2D eigenvalue weighted by Crippen LogP contribution is 2.27. The number of hydrogen-bond acceptors (Lipinski definition) is 3. The number of nitrogens with one attached hydrogen (secondary N) is 1. The Balaban J connectivity index is 1.51. The third-order valence-corrected chi connectivity index (χ3v) is 5.41. The molecule has 0 bridgehead atoms. The van der Waals surface area contributed by atoms with Crippen LogP contribution in [0.1, 0.15) is 42.4 Å². The molecule has 1 aliphatic carbocycles. The van der Waals surface area contributed by atoms with Crippen LogP contribution in [0.2, 0.25) is 0 Å². The van der Waals surface area contributed by atoms with Gasteiger partial charge in [-0.15, -0.1) is 0 Å². The fourth-order valence-corrected chi connectivity index (χ4v) is 3.60. The molecule has 0 radical (unpaired) electrons. The largest absolute Gasteiger partial charge is 0.464 e. The van der Waals surface area contributed by atoms with Crippen LogP contribution in [0, 0.1) is 13.8 Å². The smallest absolute Gasteiger partial charge is 0.243 e. The van der Waals surface area contributed by atoms with E-state index in [0.29, 0.717) is 12.6 Å². The molecule has 1 aromatic heterocycles. The number of fused-ring (bicyclic) bond motifs is 1. The van der Waals surface area contributed by atoms with Crippen molar-refractivity contribution in [1.82, 2.24) is 10.2 Å². The standard InChI is InChI=1S/C20H24N2O3/c1-12-8-16-14(11-25-18(16)9-13(12)2)10-19(23)22-7-3-4-17(22)20(24)21-15-5-6-15/h8-9,11,15,17H,3-7,10H2,1-2H3,(H,21,24). The van der Waals surface area contributed by atoms with Crippen molar-refractivity contribution in [3.8, 4) is 0 Å². The van der Waals surface area contributed by atoms with Crippen LogP contribution in [0.25, 0.3) is 11.0 Å². The number of carbonyl (C=O) groups is 2. The van der Waals surface area contributed by atoms with Gasteiger partial charge in [-0.3, -0.25) is 9.59 Å². The van der Waals surface area contributed by atoms with Crippen molar-refractivity contribution >= 4 is 22.8 Å². The Morgan fingerprint density at radius 2 is 1.96 bits per heavy atom. The maximum Gasteiger partial charge on any atom is 0.243 e. The summed E-state index contributed by atoms with van der Waals surface area (Å²) in [7, 11) is 0. The molecule has 1 saturated heterocycles. The van der Waals surface area contributed by atoms with E-state index >= 15 is 0 Å². The topological polar surface area (TPSA) is 62.6 Å². The molecule has 2 amide bonds. The molecule has 4 rings (SSSR count). The molecule has 5 nitrogen and oxygen atoms in total. The zero-order chi connectivity index (χ0) is 17.6. The summed E-state index contributed by atoms with van der Waals surface area (Å²) in [5, 5.41) is 4.03. The van der Waals surface area contributed by atoms with Gasteiger partial charge in [-0.25, -0.2) is 0 Å². The van der Waals surface area contributed by atoms with E-state index in [9.17, 15) is 9.59 Å². The zero-order valence-corrected chi connectivity index (χ0v) is 14.8. The van der Waals surface area contributed by atoms with E-state index in [1.54, 1.807) is 11.2 Å². The van der Waals surface area contributed by atoms with Crippen molar-refractivity contribution in [2.75, 3.05) is 6.54 Å². The monoisotopic (exact) mass is 340 g/mol. The first-order chi connectivity index (χ1) is 12.0. The van der Waals surface area contributed by atoms with Crippen LogP contribution < -0.4 is 5.32 Å². The van der Waals surface area contributed by atoms with Gasteiger partial charge in [0.15, 0.2) is 0 Å². The molecule has 2 heterocycles. The maximum absolute atomic E-state index is 12.8. The second-order valence-electron chi connectivity index (χ2n) is 7.40. The van der Waals surface area contributed by atoms with Crippen molar-refractivity contribution in [2.24, 2.45) is 0 Å². The Hall–Kier alpha value is -2.30. The molecule has 5 heteroatoms. The Morgan fingerprint density at radius 1 is 1.20 bits per heavy atom. The first-order valence-electron chi connectivity index (χ1n) is 9.10. The SMILES string of the molecule is Cc1cc2occ(CC(=O)N3CCCC3C(=O)NC3CC3)c2cc1C. The first kappa shape index (κ1) is 16.2. The number of hydrogen-bond donors (Lipinski definition) is 1. The van der Waals surface area contributed by atoms with Gasteiger partial charge in [0.05, 0.1) is 12.7 Å². The molecule has 2 aliphatic rings. The summed E-state index contributed by atoms with van der Waals surface area (Å²) < 4.78 is 5.63. The second-order valence-corrected chi connectivity index (χ2v) is 7.40. The predicted octanol–water partition coefficient (Wildman–Crippen LogP) is 2.86. The third-order valence-electron chi connectivity index (χ3n) is 5.41. The van der Waals surface area contributed by atoms with Gasteiger partial charge in [-0.2, -0.15) is 0 Å². The van der Waals surface area contributed by atoms with Crippen LogP contribution in [0.15, 0.2) is 22.8 Å². The van der Waals surface area contributed by atoms with Crippen molar-refractivity contribution in [3.05, 3.63) is 35.1 Å². The lowest BCUT2D eigenvalue weighted by molar-refractivity contribution is -0.138. The van der Waals surface area contributed by atoms with E-state index < -0.39 is 0 Å². The summed E-state index contributed by atoms with van der Waals surface area (Å²) >= 11 is 0. The fraction of sp³-hybridized carbons (Fsp3) is 0.500. The van der Waals surface area contributed by atoms with Crippen molar-refractivity contribution in [1.29, 1.82) is 0 Å². The highest BCUT2D eigenvalue weighted by atomic mass is 16.3.